The van der Waals surface area contributed by atoms with Crippen LogP contribution in [0.25, 0.3) is 0 Å². The van der Waals surface area contributed by atoms with E-state index in [9.17, 15) is 14.7 Å². The predicted octanol–water partition coefficient (Wildman–Crippen LogP) is 0.384. The number of carbonyl (C=O) groups is 1. The van der Waals surface area contributed by atoms with Crippen LogP contribution >= 0.6 is 0 Å². The predicted molar refractivity (Wildman–Crippen MR) is 74.7 cm³/mol. The van der Waals surface area contributed by atoms with Gasteiger partial charge in [0.25, 0.3) is 11.5 Å². The minimum atomic E-state index is -0.717. The first-order chi connectivity index (χ1) is 9.23. The van der Waals surface area contributed by atoms with Gasteiger partial charge in [-0.3, -0.25) is 9.59 Å². The lowest BCUT2D eigenvalue weighted by Gasteiger charge is -2.35. The number of piperidine rings is 1. The van der Waals surface area contributed by atoms with E-state index in [0.29, 0.717) is 37.2 Å². The van der Waals surface area contributed by atoms with Crippen molar-refractivity contribution in [2.45, 2.75) is 39.2 Å². The molecule has 0 aliphatic carbocycles. The number of aromatic nitrogens is 2. The molecule has 6 heteroatoms. The van der Waals surface area contributed by atoms with E-state index in [1.807, 2.05) is 0 Å². The third kappa shape index (κ3) is 2.60. The molecule has 2 heterocycles. The van der Waals surface area contributed by atoms with Crippen molar-refractivity contribution in [3.63, 3.8) is 0 Å². The maximum Gasteiger partial charge on any atom is 0.279 e. The average molecular weight is 279 g/mol. The minimum absolute atomic E-state index is 0.196. The summed E-state index contributed by atoms with van der Waals surface area (Å²) in [6.07, 6.45) is 1.06. The van der Waals surface area contributed by atoms with Gasteiger partial charge in [0.2, 0.25) is 0 Å². The summed E-state index contributed by atoms with van der Waals surface area (Å²) >= 11 is 0. The summed E-state index contributed by atoms with van der Waals surface area (Å²) in [5, 5.41) is 14.0. The lowest BCUT2D eigenvalue weighted by Crippen LogP contribution is -2.47. The SMILES string of the molecule is Cc1nn(C)c(=O)c(C(=O)N2CCC(C)(O)CC2)c1C. The first kappa shape index (κ1) is 14.7. The Morgan fingerprint density at radius 2 is 1.85 bits per heavy atom. The van der Waals surface area contributed by atoms with Crippen molar-refractivity contribution in [2.75, 3.05) is 13.1 Å². The molecule has 0 radical (unpaired) electrons. The quantitative estimate of drug-likeness (QED) is 0.806. The van der Waals surface area contributed by atoms with Crippen molar-refractivity contribution in [1.29, 1.82) is 0 Å². The van der Waals surface area contributed by atoms with E-state index in [-0.39, 0.29) is 17.0 Å². The maximum atomic E-state index is 12.6. The summed E-state index contributed by atoms with van der Waals surface area (Å²) in [6, 6.07) is 0. The average Bonchev–Trinajstić information content (AvgIpc) is 2.36. The van der Waals surface area contributed by atoms with Crippen molar-refractivity contribution < 1.29 is 9.90 Å². The molecule has 2 rings (SSSR count). The smallest absolute Gasteiger partial charge is 0.279 e. The van der Waals surface area contributed by atoms with Crippen LogP contribution < -0.4 is 5.56 Å². The first-order valence-electron chi connectivity index (χ1n) is 6.79. The highest BCUT2D eigenvalue weighted by Gasteiger charge is 2.31. The van der Waals surface area contributed by atoms with Crippen LogP contribution in [0, 0.1) is 13.8 Å². The molecule has 0 atom stereocenters. The van der Waals surface area contributed by atoms with E-state index >= 15 is 0 Å². The van der Waals surface area contributed by atoms with Gasteiger partial charge in [-0.25, -0.2) is 4.68 Å². The molecule has 1 N–H and O–H groups in total. The first-order valence-corrected chi connectivity index (χ1v) is 6.79. The number of hydrogen-bond donors (Lipinski definition) is 1. The molecule has 1 aliphatic heterocycles. The Labute approximate surface area is 118 Å². The van der Waals surface area contributed by atoms with Crippen LogP contribution in [-0.4, -0.2) is 44.4 Å². The molecule has 1 fully saturated rings. The highest BCUT2D eigenvalue weighted by atomic mass is 16.3. The molecular weight excluding hydrogens is 258 g/mol. The fourth-order valence-corrected chi connectivity index (χ4v) is 2.45. The summed E-state index contributed by atoms with van der Waals surface area (Å²) in [6.45, 7) is 6.24. The molecule has 110 valence electrons. The molecule has 6 nitrogen and oxygen atoms in total. The van der Waals surface area contributed by atoms with Crippen LogP contribution in [0.2, 0.25) is 0 Å². The Morgan fingerprint density at radius 1 is 1.30 bits per heavy atom. The van der Waals surface area contributed by atoms with E-state index in [0.717, 1.165) is 0 Å². The lowest BCUT2D eigenvalue weighted by atomic mass is 9.93. The van der Waals surface area contributed by atoms with Crippen molar-refractivity contribution in [2.24, 2.45) is 7.05 Å². The number of carbonyl (C=O) groups excluding carboxylic acids is 1. The fraction of sp³-hybridized carbons (Fsp3) is 0.643. The Morgan fingerprint density at radius 3 is 2.40 bits per heavy atom. The second-order valence-electron chi connectivity index (χ2n) is 5.80. The molecule has 0 unspecified atom stereocenters. The van der Waals surface area contributed by atoms with Gasteiger partial charge in [0, 0.05) is 20.1 Å². The van der Waals surface area contributed by atoms with Gasteiger partial charge in [0.1, 0.15) is 5.56 Å². The van der Waals surface area contributed by atoms with E-state index in [4.69, 9.17) is 0 Å². The number of likely N-dealkylation sites (tertiary alicyclic amines) is 1. The zero-order chi connectivity index (χ0) is 15.1. The van der Waals surface area contributed by atoms with Gasteiger partial charge in [0.05, 0.1) is 11.3 Å². The van der Waals surface area contributed by atoms with Crippen LogP contribution in [0.3, 0.4) is 0 Å². The van der Waals surface area contributed by atoms with Gasteiger partial charge < -0.3 is 10.0 Å². The zero-order valence-electron chi connectivity index (χ0n) is 12.4. The molecule has 1 aromatic rings. The van der Waals surface area contributed by atoms with Gasteiger partial charge in [-0.2, -0.15) is 5.10 Å². The third-order valence-corrected chi connectivity index (χ3v) is 4.07. The largest absolute Gasteiger partial charge is 0.390 e. The Kier molecular flexibility index (Phi) is 3.69. The molecule has 20 heavy (non-hydrogen) atoms. The van der Waals surface area contributed by atoms with Crippen molar-refractivity contribution in [3.05, 3.63) is 27.2 Å². The molecule has 1 aromatic heterocycles. The second-order valence-corrected chi connectivity index (χ2v) is 5.80. The van der Waals surface area contributed by atoms with Crippen LogP contribution in [-0.2, 0) is 7.05 Å². The molecule has 0 aromatic carbocycles. The summed E-state index contributed by atoms with van der Waals surface area (Å²) < 4.78 is 1.20. The number of nitrogens with zero attached hydrogens (tertiary/aromatic N) is 3. The van der Waals surface area contributed by atoms with Gasteiger partial charge in [-0.05, 0) is 39.2 Å². The molecular formula is C14H21N3O3. The lowest BCUT2D eigenvalue weighted by molar-refractivity contribution is -0.00212. The fourth-order valence-electron chi connectivity index (χ4n) is 2.45. The normalized spacial score (nSPS) is 18.1. The number of aryl methyl sites for hydroxylation is 2. The third-order valence-electron chi connectivity index (χ3n) is 4.07. The van der Waals surface area contributed by atoms with E-state index in [1.54, 1.807) is 32.7 Å². The van der Waals surface area contributed by atoms with E-state index < -0.39 is 5.60 Å². The second kappa shape index (κ2) is 5.01. The molecule has 0 spiro atoms. The highest BCUT2D eigenvalue weighted by Crippen LogP contribution is 2.22. The highest BCUT2D eigenvalue weighted by molar-refractivity contribution is 5.95. The van der Waals surface area contributed by atoms with Crippen molar-refractivity contribution in [1.82, 2.24) is 14.7 Å². The summed E-state index contributed by atoms with van der Waals surface area (Å²) in [5.74, 6) is -0.260. The number of amides is 1. The van der Waals surface area contributed by atoms with E-state index in [1.165, 1.54) is 4.68 Å². The Bertz CT molecular complexity index is 594. The number of rotatable bonds is 1. The molecule has 0 bridgehead atoms. The monoisotopic (exact) mass is 279 g/mol. The minimum Gasteiger partial charge on any atom is -0.390 e. The Hall–Kier alpha value is -1.69. The summed E-state index contributed by atoms with van der Waals surface area (Å²) in [7, 11) is 1.55. The number of hydrogen-bond acceptors (Lipinski definition) is 4. The molecule has 1 saturated heterocycles. The van der Waals surface area contributed by atoms with E-state index in [2.05, 4.69) is 5.10 Å². The molecule has 0 saturated carbocycles. The van der Waals surface area contributed by atoms with Crippen molar-refractivity contribution >= 4 is 5.91 Å². The summed E-state index contributed by atoms with van der Waals surface area (Å²) in [5.41, 5.74) is 0.428. The van der Waals surface area contributed by atoms with Gasteiger partial charge in [0.15, 0.2) is 0 Å². The van der Waals surface area contributed by atoms with Crippen molar-refractivity contribution in [3.8, 4) is 0 Å². The van der Waals surface area contributed by atoms with Gasteiger partial charge >= 0.3 is 0 Å². The van der Waals surface area contributed by atoms with Crippen LogP contribution in [0.1, 0.15) is 41.4 Å². The maximum absolute atomic E-state index is 12.6. The van der Waals surface area contributed by atoms with Crippen LogP contribution in [0.4, 0.5) is 0 Å². The topological polar surface area (TPSA) is 75.4 Å². The van der Waals surface area contributed by atoms with Crippen LogP contribution in [0.5, 0.6) is 0 Å². The van der Waals surface area contributed by atoms with Gasteiger partial charge in [-0.1, -0.05) is 0 Å². The molecule has 1 aliphatic rings. The Balaban J connectivity index is 2.34. The standard InChI is InChI=1S/C14H21N3O3/c1-9-10(2)15-16(4)12(18)11(9)13(19)17-7-5-14(3,20)6-8-17/h20H,5-8H2,1-4H3. The molecule has 1 amide bonds. The number of aliphatic hydroxyl groups is 1. The zero-order valence-corrected chi connectivity index (χ0v) is 12.4. The van der Waals surface area contributed by atoms with Gasteiger partial charge in [-0.15, -0.1) is 0 Å². The summed E-state index contributed by atoms with van der Waals surface area (Å²) in [4.78, 5) is 26.4. The van der Waals surface area contributed by atoms with Crippen LogP contribution in [0.15, 0.2) is 4.79 Å².